The molecule has 84 valence electrons. The van der Waals surface area contributed by atoms with Crippen molar-refractivity contribution in [3.63, 3.8) is 0 Å². The van der Waals surface area contributed by atoms with Crippen LogP contribution in [-0.4, -0.2) is 17.8 Å². The van der Waals surface area contributed by atoms with Gasteiger partial charge in [0.1, 0.15) is 9.92 Å². The highest BCUT2D eigenvalue weighted by Gasteiger charge is 2.08. The van der Waals surface area contributed by atoms with Crippen LogP contribution < -0.4 is 10.5 Å². The van der Waals surface area contributed by atoms with E-state index in [1.54, 1.807) is 31.3 Å². The fourth-order valence-corrected chi connectivity index (χ4v) is 2.59. The van der Waals surface area contributed by atoms with E-state index in [2.05, 4.69) is 9.08 Å². The maximum atomic E-state index is 12.3. The molecule has 0 bridgehead atoms. The Bertz CT molecular complexity index is 419. The molecule has 3 N–H and O–H groups in total. The van der Waals surface area contributed by atoms with Gasteiger partial charge in [0.25, 0.3) is 0 Å². The number of nitrogens with zero attached hydrogens (tertiary/aromatic N) is 1. The van der Waals surface area contributed by atoms with Gasteiger partial charge in [-0.3, -0.25) is 0 Å². The van der Waals surface area contributed by atoms with Crippen LogP contribution in [0.2, 0.25) is 0 Å². The van der Waals surface area contributed by atoms with Gasteiger partial charge in [0.15, 0.2) is 0 Å². The summed E-state index contributed by atoms with van der Waals surface area (Å²) in [7, 11) is -0.814. The molecule has 1 rings (SSSR count). The van der Waals surface area contributed by atoms with Crippen molar-refractivity contribution >= 4 is 15.6 Å². The second-order valence-corrected chi connectivity index (χ2v) is 5.34. The molecule has 1 aromatic rings. The summed E-state index contributed by atoms with van der Waals surface area (Å²) in [5, 5.41) is 0. The molecule has 0 radical (unpaired) electrons. The summed E-state index contributed by atoms with van der Waals surface area (Å²) in [6.45, 7) is 2.59. The summed E-state index contributed by atoms with van der Waals surface area (Å²) in [5.74, 6) is 0. The van der Waals surface area contributed by atoms with E-state index in [1.165, 1.54) is 0 Å². The van der Waals surface area contributed by atoms with Crippen LogP contribution in [-0.2, 0) is 9.92 Å². The quantitative estimate of drug-likeness (QED) is 0.768. The van der Waals surface area contributed by atoms with Crippen LogP contribution in [0.1, 0.15) is 13.3 Å². The fraction of sp³-hybridized carbons (Fsp3) is 0.400. The van der Waals surface area contributed by atoms with E-state index in [-0.39, 0.29) is 0 Å². The van der Waals surface area contributed by atoms with Crippen molar-refractivity contribution in [2.45, 2.75) is 18.2 Å². The average molecular weight is 227 g/mol. The molecule has 15 heavy (non-hydrogen) atoms. The minimum atomic E-state index is -2.47. The van der Waals surface area contributed by atoms with E-state index >= 15 is 0 Å². The number of hydrogen-bond donors (Lipinski definition) is 2. The molecular weight excluding hydrogens is 210 g/mol. The molecule has 0 aliphatic carbocycles. The topological polar surface area (TPSA) is 67.5 Å². The van der Waals surface area contributed by atoms with Gasteiger partial charge in [-0.1, -0.05) is 6.92 Å². The average Bonchev–Trinajstić information content (AvgIpc) is 2.27. The molecule has 0 aliphatic heterocycles. The van der Waals surface area contributed by atoms with Crippen molar-refractivity contribution in [1.82, 2.24) is 4.72 Å². The van der Waals surface area contributed by atoms with Gasteiger partial charge in [0, 0.05) is 12.2 Å². The van der Waals surface area contributed by atoms with E-state index in [1.807, 2.05) is 6.92 Å². The predicted molar refractivity (Wildman–Crippen MR) is 63.9 cm³/mol. The summed E-state index contributed by atoms with van der Waals surface area (Å²) in [5.41, 5.74) is 6.23. The third-order valence-electron chi connectivity index (χ3n) is 1.97. The smallest absolute Gasteiger partial charge is 0.137 e. The van der Waals surface area contributed by atoms with E-state index in [9.17, 15) is 4.21 Å². The summed E-state index contributed by atoms with van der Waals surface area (Å²) in [6, 6.07) is 6.95. The molecule has 0 amide bonds. The number of nitrogens with two attached hydrogens (primary N) is 1. The Morgan fingerprint density at radius 3 is 2.47 bits per heavy atom. The van der Waals surface area contributed by atoms with Crippen LogP contribution >= 0.6 is 0 Å². The molecule has 1 atom stereocenters. The Morgan fingerprint density at radius 1 is 1.40 bits per heavy atom. The maximum Gasteiger partial charge on any atom is 0.137 e. The zero-order valence-corrected chi connectivity index (χ0v) is 9.88. The Kier molecular flexibility index (Phi) is 4.11. The Labute approximate surface area is 91.2 Å². The molecule has 4 nitrogen and oxygen atoms in total. The normalized spacial score (nSPS) is 14.5. The summed E-state index contributed by atoms with van der Waals surface area (Å²) < 4.78 is 19.2. The van der Waals surface area contributed by atoms with Crippen LogP contribution in [0.5, 0.6) is 0 Å². The summed E-state index contributed by atoms with van der Waals surface area (Å²) >= 11 is 0. The Balaban J connectivity index is 3.12. The monoisotopic (exact) mass is 227 g/mol. The van der Waals surface area contributed by atoms with Gasteiger partial charge in [-0.2, -0.15) is 0 Å². The highest BCUT2D eigenvalue weighted by molar-refractivity contribution is 7.91. The third-order valence-corrected chi connectivity index (χ3v) is 3.98. The lowest BCUT2D eigenvalue weighted by atomic mass is 10.3. The van der Waals surface area contributed by atoms with Crippen LogP contribution in [0.3, 0.4) is 0 Å². The number of anilines is 1. The molecule has 0 aliphatic rings. The van der Waals surface area contributed by atoms with Crippen molar-refractivity contribution < 1.29 is 4.21 Å². The molecule has 0 spiro atoms. The van der Waals surface area contributed by atoms with Crippen LogP contribution in [0.15, 0.2) is 33.5 Å². The van der Waals surface area contributed by atoms with Crippen LogP contribution in [0.4, 0.5) is 5.69 Å². The predicted octanol–water partition coefficient (Wildman–Crippen LogP) is 1.64. The van der Waals surface area contributed by atoms with Gasteiger partial charge < -0.3 is 5.73 Å². The highest BCUT2D eigenvalue weighted by atomic mass is 32.2. The van der Waals surface area contributed by atoms with Gasteiger partial charge in [0.05, 0.1) is 4.90 Å². The third kappa shape index (κ3) is 2.94. The molecule has 5 heteroatoms. The summed E-state index contributed by atoms with van der Waals surface area (Å²) in [4.78, 5) is 0.674. The second kappa shape index (κ2) is 5.14. The zero-order chi connectivity index (χ0) is 11.3. The second-order valence-electron chi connectivity index (χ2n) is 3.15. The Hall–Kier alpha value is -1.07. The van der Waals surface area contributed by atoms with Crippen molar-refractivity contribution in [2.24, 2.45) is 4.36 Å². The highest BCUT2D eigenvalue weighted by Crippen LogP contribution is 2.13. The van der Waals surface area contributed by atoms with Crippen molar-refractivity contribution in [3.05, 3.63) is 24.3 Å². The molecule has 1 aromatic carbocycles. The van der Waals surface area contributed by atoms with Gasteiger partial charge >= 0.3 is 0 Å². The van der Waals surface area contributed by atoms with Crippen molar-refractivity contribution in [2.75, 3.05) is 19.3 Å². The minimum Gasteiger partial charge on any atom is -0.399 e. The first kappa shape index (κ1) is 12.0. The number of benzene rings is 1. The van der Waals surface area contributed by atoms with E-state index in [0.29, 0.717) is 17.1 Å². The lowest BCUT2D eigenvalue weighted by molar-refractivity contribution is 0.668. The molecule has 0 saturated heterocycles. The number of hydrogen-bond acceptors (Lipinski definition) is 3. The first-order valence-electron chi connectivity index (χ1n) is 4.89. The van der Waals surface area contributed by atoms with Crippen LogP contribution in [0, 0.1) is 0 Å². The molecule has 0 fully saturated rings. The van der Waals surface area contributed by atoms with Gasteiger partial charge in [-0.25, -0.2) is 13.3 Å². The first-order valence-corrected chi connectivity index (χ1v) is 6.41. The molecular formula is C10H17N3OS. The number of nitrogen functional groups attached to an aromatic ring is 1. The number of rotatable bonds is 4. The SMILES string of the molecule is CCCN=S(=O)(NC)c1ccc(N)cc1. The van der Waals surface area contributed by atoms with Crippen molar-refractivity contribution in [3.8, 4) is 0 Å². The van der Waals surface area contributed by atoms with E-state index in [0.717, 1.165) is 6.42 Å². The van der Waals surface area contributed by atoms with Gasteiger partial charge in [-0.15, -0.1) is 0 Å². The molecule has 0 saturated carbocycles. The number of nitrogens with one attached hydrogen (secondary N) is 1. The molecule has 0 heterocycles. The first-order chi connectivity index (χ1) is 7.12. The fourth-order valence-electron chi connectivity index (χ4n) is 1.13. The van der Waals surface area contributed by atoms with Crippen molar-refractivity contribution in [1.29, 1.82) is 0 Å². The molecule has 1 unspecified atom stereocenters. The van der Waals surface area contributed by atoms with E-state index < -0.39 is 9.92 Å². The lowest BCUT2D eigenvalue weighted by Gasteiger charge is -2.08. The largest absolute Gasteiger partial charge is 0.399 e. The standard InChI is InChI=1S/C10H17N3OS/c1-3-8-13-15(14,12-2)10-6-4-9(11)5-7-10/h4-7H,3,8,11H2,1-2H3,(H,12,13,14). The Morgan fingerprint density at radius 2 is 2.00 bits per heavy atom. The summed E-state index contributed by atoms with van der Waals surface area (Å²) in [6.07, 6.45) is 0.883. The lowest BCUT2D eigenvalue weighted by Crippen LogP contribution is -2.19. The maximum absolute atomic E-state index is 12.3. The van der Waals surface area contributed by atoms with Gasteiger partial charge in [0.2, 0.25) is 0 Å². The van der Waals surface area contributed by atoms with E-state index in [4.69, 9.17) is 5.73 Å². The zero-order valence-electron chi connectivity index (χ0n) is 9.06. The van der Waals surface area contributed by atoms with Gasteiger partial charge in [-0.05, 0) is 37.7 Å². The molecule has 0 aromatic heterocycles. The minimum absolute atomic E-state index is 0.587. The van der Waals surface area contributed by atoms with Crippen LogP contribution in [0.25, 0.3) is 0 Å².